The summed E-state index contributed by atoms with van der Waals surface area (Å²) in [5.74, 6) is 0.935. The Balaban J connectivity index is 2.79. The Labute approximate surface area is 124 Å². The van der Waals surface area contributed by atoms with Crippen LogP contribution in [0.2, 0.25) is 0 Å². The lowest BCUT2D eigenvalue weighted by Gasteiger charge is -2.25. The summed E-state index contributed by atoms with van der Waals surface area (Å²) in [4.78, 5) is 2.48. The molecule has 0 heterocycles. The molecule has 114 valence electrons. The fraction of sp³-hybridized carbons (Fsp3) is 0.647. The van der Waals surface area contributed by atoms with E-state index in [1.807, 2.05) is 0 Å². The fourth-order valence-corrected chi connectivity index (χ4v) is 2.63. The van der Waals surface area contributed by atoms with Crippen molar-refractivity contribution in [2.24, 2.45) is 0 Å². The first-order valence-electron chi connectivity index (χ1n) is 7.76. The van der Waals surface area contributed by atoms with Crippen LogP contribution in [0.3, 0.4) is 0 Å². The fourth-order valence-electron chi connectivity index (χ4n) is 2.63. The zero-order chi connectivity index (χ0) is 15.0. The van der Waals surface area contributed by atoms with Crippen LogP contribution in [0.4, 0.5) is 0 Å². The molecule has 0 amide bonds. The van der Waals surface area contributed by atoms with Crippen molar-refractivity contribution in [1.29, 1.82) is 0 Å². The molecule has 0 spiro atoms. The number of ether oxygens (including phenoxy) is 1. The summed E-state index contributed by atoms with van der Waals surface area (Å²) in [7, 11) is 1.72. The summed E-state index contributed by atoms with van der Waals surface area (Å²) < 4.78 is 5.29. The van der Waals surface area contributed by atoms with Gasteiger partial charge < -0.3 is 15.0 Å². The van der Waals surface area contributed by atoms with Gasteiger partial charge in [-0.3, -0.25) is 0 Å². The van der Waals surface area contributed by atoms with Crippen molar-refractivity contribution in [2.75, 3.05) is 33.3 Å². The number of nitrogens with one attached hydrogen (secondary N) is 1. The number of hydrogen-bond acceptors (Lipinski definition) is 3. The molecule has 20 heavy (non-hydrogen) atoms. The number of hydrogen-bond donors (Lipinski definition) is 1. The van der Waals surface area contributed by atoms with Crippen molar-refractivity contribution in [2.45, 2.75) is 40.2 Å². The van der Waals surface area contributed by atoms with Crippen molar-refractivity contribution < 1.29 is 4.74 Å². The second kappa shape index (κ2) is 8.98. The summed E-state index contributed by atoms with van der Waals surface area (Å²) in [6.07, 6.45) is 1.14. The van der Waals surface area contributed by atoms with Gasteiger partial charge in [-0.15, -0.1) is 0 Å². The monoisotopic (exact) mass is 278 g/mol. The Kier molecular flexibility index (Phi) is 7.63. The van der Waals surface area contributed by atoms with E-state index in [4.69, 9.17) is 4.74 Å². The topological polar surface area (TPSA) is 24.5 Å². The lowest BCUT2D eigenvalue weighted by Crippen LogP contribution is -2.29. The quantitative estimate of drug-likeness (QED) is 0.749. The van der Waals surface area contributed by atoms with E-state index < -0.39 is 0 Å². The molecule has 0 bridgehead atoms. The number of nitrogens with zero attached hydrogens (tertiary/aromatic N) is 1. The van der Waals surface area contributed by atoms with Gasteiger partial charge in [-0.05, 0) is 62.8 Å². The Morgan fingerprint density at radius 2 is 1.90 bits per heavy atom. The normalized spacial score (nSPS) is 12.7. The smallest absolute Gasteiger partial charge is 0.119 e. The van der Waals surface area contributed by atoms with Crippen LogP contribution in [0, 0.1) is 6.92 Å². The van der Waals surface area contributed by atoms with E-state index in [0.29, 0.717) is 6.04 Å². The van der Waals surface area contributed by atoms with E-state index in [9.17, 15) is 0 Å². The molecule has 1 aromatic rings. The molecule has 0 aliphatic rings. The highest BCUT2D eigenvalue weighted by molar-refractivity contribution is 5.36. The lowest BCUT2D eigenvalue weighted by atomic mass is 9.98. The Hall–Kier alpha value is -1.06. The highest BCUT2D eigenvalue weighted by atomic mass is 16.5. The first kappa shape index (κ1) is 17.0. The molecule has 3 heteroatoms. The molecule has 3 nitrogen and oxygen atoms in total. The third-order valence-electron chi connectivity index (χ3n) is 3.93. The Bertz CT molecular complexity index is 389. The maximum Gasteiger partial charge on any atom is 0.119 e. The zero-order valence-corrected chi connectivity index (χ0v) is 13.7. The predicted octanol–water partition coefficient (Wildman–Crippen LogP) is 3.39. The van der Waals surface area contributed by atoms with Gasteiger partial charge in [0, 0.05) is 6.04 Å². The van der Waals surface area contributed by atoms with Crippen LogP contribution < -0.4 is 10.1 Å². The summed E-state index contributed by atoms with van der Waals surface area (Å²) in [5.41, 5.74) is 2.69. The van der Waals surface area contributed by atoms with Gasteiger partial charge in [-0.25, -0.2) is 0 Å². The molecule has 1 rings (SSSR count). The second-order valence-corrected chi connectivity index (χ2v) is 5.15. The van der Waals surface area contributed by atoms with Crippen LogP contribution in [0.5, 0.6) is 5.75 Å². The first-order chi connectivity index (χ1) is 9.65. The molecule has 0 fully saturated rings. The molecule has 0 radical (unpaired) electrons. The highest BCUT2D eigenvalue weighted by Gasteiger charge is 2.14. The summed E-state index contributed by atoms with van der Waals surface area (Å²) in [6, 6.07) is 6.80. The Morgan fingerprint density at radius 1 is 1.20 bits per heavy atom. The summed E-state index contributed by atoms with van der Waals surface area (Å²) in [5, 5.41) is 3.61. The predicted molar refractivity (Wildman–Crippen MR) is 86.6 cm³/mol. The third-order valence-corrected chi connectivity index (χ3v) is 3.93. The van der Waals surface area contributed by atoms with Gasteiger partial charge in [0.2, 0.25) is 0 Å². The maximum absolute atomic E-state index is 5.29. The minimum absolute atomic E-state index is 0.423. The minimum Gasteiger partial charge on any atom is -0.497 e. The zero-order valence-electron chi connectivity index (χ0n) is 13.7. The Morgan fingerprint density at radius 3 is 2.40 bits per heavy atom. The number of aryl methyl sites for hydroxylation is 1. The maximum atomic E-state index is 5.29. The van der Waals surface area contributed by atoms with E-state index in [1.54, 1.807) is 7.11 Å². The molecule has 0 aromatic heterocycles. The van der Waals surface area contributed by atoms with Gasteiger partial charge in [-0.2, -0.15) is 0 Å². The third kappa shape index (κ3) is 4.80. The second-order valence-electron chi connectivity index (χ2n) is 5.15. The average molecular weight is 278 g/mol. The largest absolute Gasteiger partial charge is 0.497 e. The number of benzene rings is 1. The first-order valence-corrected chi connectivity index (χ1v) is 7.76. The van der Waals surface area contributed by atoms with Gasteiger partial charge in [0.1, 0.15) is 5.75 Å². The van der Waals surface area contributed by atoms with Crippen LogP contribution in [0.1, 0.15) is 44.4 Å². The molecule has 0 saturated carbocycles. The van der Waals surface area contributed by atoms with Crippen LogP contribution >= 0.6 is 0 Å². The van der Waals surface area contributed by atoms with Crippen molar-refractivity contribution in [3.05, 3.63) is 29.3 Å². The standard InChI is InChI=1S/C17H30N2O/c1-6-18-17(11-12-19(7-2)8-3)16-10-9-15(20-5)13-14(16)4/h9-10,13,17-18H,6-8,11-12H2,1-5H3. The number of rotatable bonds is 9. The molecule has 1 atom stereocenters. The molecule has 1 unspecified atom stereocenters. The summed E-state index contributed by atoms with van der Waals surface area (Å²) in [6.45, 7) is 13.2. The van der Waals surface area contributed by atoms with Crippen molar-refractivity contribution in [3.8, 4) is 5.75 Å². The summed E-state index contributed by atoms with van der Waals surface area (Å²) >= 11 is 0. The molecular weight excluding hydrogens is 248 g/mol. The van der Waals surface area contributed by atoms with E-state index in [2.05, 4.69) is 56.1 Å². The molecule has 0 aliphatic carbocycles. The van der Waals surface area contributed by atoms with E-state index in [-0.39, 0.29) is 0 Å². The molecule has 0 aliphatic heterocycles. The van der Waals surface area contributed by atoms with Crippen molar-refractivity contribution in [1.82, 2.24) is 10.2 Å². The van der Waals surface area contributed by atoms with E-state index in [1.165, 1.54) is 11.1 Å². The van der Waals surface area contributed by atoms with Crippen LogP contribution in [-0.4, -0.2) is 38.2 Å². The van der Waals surface area contributed by atoms with Gasteiger partial charge in [-0.1, -0.05) is 26.8 Å². The number of methoxy groups -OCH3 is 1. The molecular formula is C17H30N2O. The van der Waals surface area contributed by atoms with Gasteiger partial charge in [0.25, 0.3) is 0 Å². The van der Waals surface area contributed by atoms with Gasteiger partial charge >= 0.3 is 0 Å². The van der Waals surface area contributed by atoms with E-state index in [0.717, 1.165) is 38.3 Å². The van der Waals surface area contributed by atoms with Crippen molar-refractivity contribution >= 4 is 0 Å². The van der Waals surface area contributed by atoms with Crippen LogP contribution in [0.25, 0.3) is 0 Å². The highest BCUT2D eigenvalue weighted by Crippen LogP contribution is 2.25. The SMILES string of the molecule is CCNC(CCN(CC)CC)c1ccc(OC)cc1C. The van der Waals surface area contributed by atoms with Crippen LogP contribution in [0.15, 0.2) is 18.2 Å². The lowest BCUT2D eigenvalue weighted by molar-refractivity contribution is 0.282. The molecule has 1 N–H and O–H groups in total. The van der Waals surface area contributed by atoms with Gasteiger partial charge in [0.05, 0.1) is 7.11 Å². The van der Waals surface area contributed by atoms with E-state index >= 15 is 0 Å². The molecule has 1 aromatic carbocycles. The van der Waals surface area contributed by atoms with Crippen LogP contribution in [-0.2, 0) is 0 Å². The molecule has 0 saturated heterocycles. The minimum atomic E-state index is 0.423. The van der Waals surface area contributed by atoms with Crippen molar-refractivity contribution in [3.63, 3.8) is 0 Å². The van der Waals surface area contributed by atoms with Gasteiger partial charge in [0.15, 0.2) is 0 Å². The average Bonchev–Trinajstić information content (AvgIpc) is 2.47.